The van der Waals surface area contributed by atoms with E-state index in [1.807, 2.05) is 0 Å². The normalized spacial score (nSPS) is 11.6. The zero-order valence-electron chi connectivity index (χ0n) is 7.36. The molecule has 0 aromatic heterocycles. The van der Waals surface area contributed by atoms with E-state index in [-0.39, 0.29) is 5.56 Å². The Labute approximate surface area is 80.5 Å². The molecule has 0 spiro atoms. The smallest absolute Gasteiger partial charge is 0.182 e. The number of hydrogen-bond donors (Lipinski definition) is 2. The van der Waals surface area contributed by atoms with Crippen molar-refractivity contribution in [3.8, 4) is 5.75 Å². The predicted molar refractivity (Wildman–Crippen MR) is 47.1 cm³/mol. The second-order valence-corrected chi connectivity index (χ2v) is 4.77. The van der Waals surface area contributed by atoms with E-state index in [2.05, 4.69) is 0 Å². The van der Waals surface area contributed by atoms with E-state index in [0.717, 1.165) is 18.4 Å². The lowest BCUT2D eigenvalue weighted by molar-refractivity contribution is 0.274. The van der Waals surface area contributed by atoms with Gasteiger partial charge in [0, 0.05) is 11.8 Å². The van der Waals surface area contributed by atoms with E-state index in [0.29, 0.717) is 0 Å². The molecule has 0 atom stereocenters. The molecule has 14 heavy (non-hydrogen) atoms. The summed E-state index contributed by atoms with van der Waals surface area (Å²) in [5.74, 6) is -1.75. The molecule has 0 aliphatic carbocycles. The van der Waals surface area contributed by atoms with Crippen LogP contribution in [0.3, 0.4) is 0 Å². The van der Waals surface area contributed by atoms with Gasteiger partial charge < -0.3 is 10.2 Å². The second kappa shape index (κ2) is 3.55. The van der Waals surface area contributed by atoms with Crippen molar-refractivity contribution < 1.29 is 23.0 Å². The van der Waals surface area contributed by atoms with Gasteiger partial charge in [0.15, 0.2) is 15.7 Å². The number of aromatic hydroxyl groups is 1. The minimum absolute atomic E-state index is 0.164. The quantitative estimate of drug-likeness (QED) is 0.757. The minimum Gasteiger partial charge on any atom is -0.506 e. The van der Waals surface area contributed by atoms with Gasteiger partial charge in [-0.25, -0.2) is 12.8 Å². The molecular weight excluding hydrogens is 211 g/mol. The average Bonchev–Trinajstić information content (AvgIpc) is 2.02. The van der Waals surface area contributed by atoms with Gasteiger partial charge in [0.05, 0.1) is 6.61 Å². The van der Waals surface area contributed by atoms with Crippen LogP contribution in [0.1, 0.15) is 5.56 Å². The molecule has 0 saturated heterocycles. The van der Waals surface area contributed by atoms with Crippen LogP contribution in [0.2, 0.25) is 0 Å². The summed E-state index contributed by atoms with van der Waals surface area (Å²) in [6.45, 7) is -0.616. The van der Waals surface area contributed by atoms with E-state index in [4.69, 9.17) is 10.2 Å². The zero-order valence-corrected chi connectivity index (χ0v) is 8.18. The number of halogens is 1. The molecule has 1 aromatic carbocycles. The molecule has 0 radical (unpaired) electrons. The van der Waals surface area contributed by atoms with Crippen molar-refractivity contribution >= 4 is 9.84 Å². The maximum absolute atomic E-state index is 13.3. The van der Waals surface area contributed by atoms with Crippen LogP contribution >= 0.6 is 0 Å². The Kier molecular flexibility index (Phi) is 2.77. The number of rotatable bonds is 2. The molecule has 1 rings (SSSR count). The number of phenolic OH excluding ortho intramolecular Hbond substituents is 1. The van der Waals surface area contributed by atoms with Gasteiger partial charge in [-0.05, 0) is 6.07 Å². The lowest BCUT2D eigenvalue weighted by Crippen LogP contribution is -2.04. The predicted octanol–water partition coefficient (Wildman–Crippen LogP) is 0.427. The molecule has 0 saturated carbocycles. The first kappa shape index (κ1) is 10.9. The average molecular weight is 220 g/mol. The topological polar surface area (TPSA) is 74.6 Å². The first-order valence-electron chi connectivity index (χ1n) is 3.69. The highest BCUT2D eigenvalue weighted by atomic mass is 32.2. The summed E-state index contributed by atoms with van der Waals surface area (Å²) >= 11 is 0. The van der Waals surface area contributed by atoms with Gasteiger partial charge in [0.25, 0.3) is 0 Å². The van der Waals surface area contributed by atoms with E-state index >= 15 is 0 Å². The van der Waals surface area contributed by atoms with E-state index in [1.165, 1.54) is 0 Å². The van der Waals surface area contributed by atoms with Crippen molar-refractivity contribution in [3.63, 3.8) is 0 Å². The van der Waals surface area contributed by atoms with Crippen molar-refractivity contribution in [2.45, 2.75) is 11.5 Å². The van der Waals surface area contributed by atoms with Crippen LogP contribution in [-0.2, 0) is 16.4 Å². The SMILES string of the molecule is CS(=O)(=O)c1c(O)ccc(CO)c1F. The van der Waals surface area contributed by atoms with Crippen LogP contribution in [0, 0.1) is 5.82 Å². The van der Waals surface area contributed by atoms with Crippen LogP contribution in [0.25, 0.3) is 0 Å². The fourth-order valence-corrected chi connectivity index (χ4v) is 1.97. The van der Waals surface area contributed by atoms with Gasteiger partial charge in [-0.1, -0.05) is 6.07 Å². The second-order valence-electron chi connectivity index (χ2n) is 2.82. The molecule has 0 amide bonds. The van der Waals surface area contributed by atoms with Crippen molar-refractivity contribution in [3.05, 3.63) is 23.5 Å². The summed E-state index contributed by atoms with van der Waals surface area (Å²) in [6.07, 6.45) is 0.784. The molecule has 6 heteroatoms. The molecule has 1 aromatic rings. The molecule has 0 aliphatic rings. The zero-order chi connectivity index (χ0) is 10.9. The van der Waals surface area contributed by atoms with Gasteiger partial charge >= 0.3 is 0 Å². The van der Waals surface area contributed by atoms with E-state index in [1.54, 1.807) is 0 Å². The van der Waals surface area contributed by atoms with Crippen molar-refractivity contribution in [2.24, 2.45) is 0 Å². The molecular formula is C8H9FO4S. The third kappa shape index (κ3) is 1.85. The number of sulfone groups is 1. The molecule has 0 aliphatic heterocycles. The Hall–Kier alpha value is -1.14. The van der Waals surface area contributed by atoms with Gasteiger partial charge in [-0.3, -0.25) is 0 Å². The summed E-state index contributed by atoms with van der Waals surface area (Å²) in [7, 11) is -3.83. The number of benzene rings is 1. The molecule has 0 unspecified atom stereocenters. The maximum atomic E-state index is 13.3. The first-order valence-corrected chi connectivity index (χ1v) is 5.58. The molecule has 2 N–H and O–H groups in total. The van der Waals surface area contributed by atoms with Crippen LogP contribution in [0.5, 0.6) is 5.75 Å². The molecule has 0 fully saturated rings. The summed E-state index contributed by atoms with van der Waals surface area (Å²) in [5.41, 5.74) is -0.164. The third-order valence-corrected chi connectivity index (χ3v) is 2.83. The minimum atomic E-state index is -3.83. The summed E-state index contributed by atoms with van der Waals surface area (Å²) in [6, 6.07) is 2.16. The van der Waals surface area contributed by atoms with Gasteiger partial charge in [0.1, 0.15) is 10.6 Å². The number of phenols is 1. The Bertz CT molecular complexity index is 453. The summed E-state index contributed by atoms with van der Waals surface area (Å²) in [5, 5.41) is 17.8. The van der Waals surface area contributed by atoms with E-state index in [9.17, 15) is 12.8 Å². The van der Waals surface area contributed by atoms with Crippen LogP contribution in [0.4, 0.5) is 4.39 Å². The number of aliphatic hydroxyl groups is 1. The van der Waals surface area contributed by atoms with Crippen LogP contribution in [0.15, 0.2) is 17.0 Å². The standard InChI is InChI=1S/C8H9FO4S/c1-14(12,13)8-6(11)3-2-5(4-10)7(8)9/h2-3,10-11H,4H2,1H3. The summed E-state index contributed by atoms with van der Waals surface area (Å²) < 4.78 is 35.5. The molecule has 0 bridgehead atoms. The van der Waals surface area contributed by atoms with Gasteiger partial charge in [-0.15, -0.1) is 0 Å². The first-order chi connectivity index (χ1) is 6.38. The molecule has 78 valence electrons. The van der Waals surface area contributed by atoms with Crippen LogP contribution < -0.4 is 0 Å². The van der Waals surface area contributed by atoms with Gasteiger partial charge in [0.2, 0.25) is 0 Å². The maximum Gasteiger partial charge on any atom is 0.182 e. The number of aliphatic hydroxyl groups excluding tert-OH is 1. The Morgan fingerprint density at radius 1 is 1.43 bits per heavy atom. The Morgan fingerprint density at radius 2 is 2.00 bits per heavy atom. The number of hydrogen-bond acceptors (Lipinski definition) is 4. The largest absolute Gasteiger partial charge is 0.506 e. The highest BCUT2D eigenvalue weighted by Crippen LogP contribution is 2.27. The third-order valence-electron chi connectivity index (χ3n) is 1.70. The Balaban J connectivity index is 3.57. The monoisotopic (exact) mass is 220 g/mol. The van der Waals surface area contributed by atoms with Crippen molar-refractivity contribution in [2.75, 3.05) is 6.26 Å². The lowest BCUT2D eigenvalue weighted by atomic mass is 10.2. The highest BCUT2D eigenvalue weighted by molar-refractivity contribution is 7.90. The van der Waals surface area contributed by atoms with Crippen molar-refractivity contribution in [1.29, 1.82) is 0 Å². The molecule has 0 heterocycles. The highest BCUT2D eigenvalue weighted by Gasteiger charge is 2.21. The van der Waals surface area contributed by atoms with Crippen molar-refractivity contribution in [1.82, 2.24) is 0 Å². The fraction of sp³-hybridized carbons (Fsp3) is 0.250. The molecule has 4 nitrogen and oxygen atoms in total. The fourth-order valence-electron chi connectivity index (χ4n) is 1.06. The lowest BCUT2D eigenvalue weighted by Gasteiger charge is -2.06. The van der Waals surface area contributed by atoms with E-state index < -0.39 is 32.9 Å². The summed E-state index contributed by atoms with van der Waals surface area (Å²) in [4.78, 5) is -0.774. The van der Waals surface area contributed by atoms with Crippen LogP contribution in [-0.4, -0.2) is 24.9 Å². The van der Waals surface area contributed by atoms with Gasteiger partial charge in [-0.2, -0.15) is 0 Å². The Morgan fingerprint density at radius 3 is 2.43 bits per heavy atom.